The molecule has 0 saturated heterocycles. The van der Waals surface area contributed by atoms with Crippen molar-refractivity contribution in [3.63, 3.8) is 0 Å². The third-order valence-electron chi connectivity index (χ3n) is 5.16. The molecule has 1 atom stereocenters. The number of carbonyl (C=O) groups excluding carboxylic acids is 1. The topological polar surface area (TPSA) is 63.2 Å². The predicted octanol–water partition coefficient (Wildman–Crippen LogP) is 5.42. The normalized spacial score (nSPS) is 17.0. The smallest absolute Gasteiger partial charge is 0.384 e. The van der Waals surface area contributed by atoms with Crippen molar-refractivity contribution < 1.29 is 66.8 Å². The van der Waals surface area contributed by atoms with Gasteiger partial charge in [0.05, 0.1) is 27.1 Å². The molecule has 204 valence electrons. The van der Waals surface area contributed by atoms with E-state index in [-0.39, 0.29) is 6.92 Å². The number of nitrogens with zero attached hydrogens (tertiary/aromatic N) is 2. The molecule has 34 heavy (non-hydrogen) atoms. The molecule has 0 aromatic carbocycles. The van der Waals surface area contributed by atoms with Crippen LogP contribution in [0.4, 0.5) is 52.7 Å². The van der Waals surface area contributed by atoms with E-state index >= 15 is 0 Å². The minimum atomic E-state index is -7.72. The van der Waals surface area contributed by atoms with Crippen LogP contribution in [0, 0.1) is 10.4 Å². The first-order chi connectivity index (χ1) is 14.7. The molecule has 0 aliphatic heterocycles. The Morgan fingerprint density at radius 1 is 0.676 bits per heavy atom. The first-order valence-electron chi connectivity index (χ1n) is 9.63. The van der Waals surface area contributed by atoms with Gasteiger partial charge in [-0.2, -0.15) is 52.7 Å². The average molecular weight is 532 g/mol. The number of hydrogen-bond acceptors (Lipinski definition) is 3. The summed E-state index contributed by atoms with van der Waals surface area (Å²) >= 11 is 0. The molecule has 0 aromatic heterocycles. The molecule has 5 nitrogen and oxygen atoms in total. The summed E-state index contributed by atoms with van der Waals surface area (Å²) in [5, 5.41) is 23.9. The van der Waals surface area contributed by atoms with E-state index in [1.807, 2.05) is 0 Å². The van der Waals surface area contributed by atoms with E-state index in [1.54, 1.807) is 0 Å². The van der Waals surface area contributed by atoms with Crippen molar-refractivity contribution in [2.75, 3.05) is 33.7 Å². The number of halogens is 12. The fourth-order valence-corrected chi connectivity index (χ4v) is 2.56. The molecule has 0 radical (unpaired) electrons. The van der Waals surface area contributed by atoms with Crippen LogP contribution in [0.25, 0.3) is 0 Å². The van der Waals surface area contributed by atoms with Gasteiger partial charge in [-0.1, -0.05) is 6.92 Å². The highest BCUT2D eigenvalue weighted by Gasteiger charge is 2.89. The lowest BCUT2D eigenvalue weighted by Crippen LogP contribution is -2.70. The summed E-state index contributed by atoms with van der Waals surface area (Å²) in [5.41, 5.74) is 0. The van der Waals surface area contributed by atoms with E-state index < -0.39 is 89.6 Å². The van der Waals surface area contributed by atoms with Crippen LogP contribution in [-0.2, 0) is 4.79 Å². The number of rotatable bonds is 13. The number of likely N-dealkylation sites (N-methyl/N-ethyl adjacent to an activating group) is 2. The van der Waals surface area contributed by atoms with E-state index in [4.69, 9.17) is 0 Å². The van der Waals surface area contributed by atoms with Crippen molar-refractivity contribution in [2.45, 2.75) is 68.6 Å². The van der Waals surface area contributed by atoms with Crippen LogP contribution in [0.15, 0.2) is 0 Å². The van der Waals surface area contributed by atoms with E-state index in [0.29, 0.717) is 0 Å². The van der Waals surface area contributed by atoms with Gasteiger partial charge in [-0.05, 0) is 6.92 Å². The zero-order chi connectivity index (χ0) is 27.8. The van der Waals surface area contributed by atoms with Gasteiger partial charge < -0.3 is 15.1 Å². The Labute approximate surface area is 186 Å². The molecule has 0 aliphatic carbocycles. The van der Waals surface area contributed by atoms with Crippen molar-refractivity contribution in [3.8, 4) is 0 Å². The maximum atomic E-state index is 13.9. The van der Waals surface area contributed by atoms with Gasteiger partial charge in [0.2, 0.25) is 0 Å². The average Bonchev–Trinajstić information content (AvgIpc) is 2.68. The lowest BCUT2D eigenvalue weighted by molar-refractivity contribution is -0.882. The van der Waals surface area contributed by atoms with Crippen LogP contribution in [0.5, 0.6) is 0 Å². The zero-order valence-corrected chi connectivity index (χ0v) is 18.4. The zero-order valence-electron chi connectivity index (χ0n) is 18.4. The SMILES string of the molecule is CCC(F)(F)C(F)(F)C(F)(F)C(F)(F)C(F)(F)C(F)(F)CCC(=O)[N+]([O-])(CC)CC[N+](C)(C)[O-]. The quantitative estimate of drug-likeness (QED) is 0.181. The minimum absolute atomic E-state index is 0.133. The molecule has 0 rings (SSSR count). The number of alkyl halides is 12. The second-order valence-electron chi connectivity index (χ2n) is 8.18. The number of amides is 1. The third-order valence-corrected chi connectivity index (χ3v) is 5.16. The summed E-state index contributed by atoms with van der Waals surface area (Å²) in [6.45, 7) is -0.962. The molecule has 0 N–H and O–H groups in total. The Balaban J connectivity index is 5.96. The van der Waals surface area contributed by atoms with E-state index in [2.05, 4.69) is 0 Å². The van der Waals surface area contributed by atoms with Gasteiger partial charge in [0.25, 0.3) is 0 Å². The molecule has 1 amide bonds. The van der Waals surface area contributed by atoms with Gasteiger partial charge in [-0.15, -0.1) is 0 Å². The maximum Gasteiger partial charge on any atom is 0.384 e. The summed E-state index contributed by atoms with van der Waals surface area (Å²) in [6, 6.07) is 0. The summed E-state index contributed by atoms with van der Waals surface area (Å²) in [4.78, 5) is 12.0. The molecule has 1 unspecified atom stereocenters. The van der Waals surface area contributed by atoms with Crippen molar-refractivity contribution >= 4 is 5.91 Å². The number of quaternary nitrogens is 2. The largest absolute Gasteiger partial charge is 0.633 e. The molecular formula is C17H24F12N2O3. The van der Waals surface area contributed by atoms with Crippen molar-refractivity contribution in [3.05, 3.63) is 10.4 Å². The van der Waals surface area contributed by atoms with Crippen LogP contribution in [0.2, 0.25) is 0 Å². The minimum Gasteiger partial charge on any atom is -0.633 e. The second kappa shape index (κ2) is 9.61. The molecule has 0 saturated carbocycles. The summed E-state index contributed by atoms with van der Waals surface area (Å²) in [6.07, 6.45) is -6.81. The molecule has 0 aromatic rings. The number of hydroxylamine groups is 6. The summed E-state index contributed by atoms with van der Waals surface area (Å²) < 4.78 is 160. The lowest BCUT2D eigenvalue weighted by atomic mass is 9.89. The van der Waals surface area contributed by atoms with Gasteiger partial charge >= 0.3 is 41.4 Å². The van der Waals surface area contributed by atoms with Gasteiger partial charge in [-0.3, -0.25) is 4.65 Å². The number of hydrogen-bond donors (Lipinski definition) is 0. The summed E-state index contributed by atoms with van der Waals surface area (Å²) in [5.74, 6) is -44.0. The van der Waals surface area contributed by atoms with Crippen LogP contribution in [0.1, 0.15) is 33.1 Å². The van der Waals surface area contributed by atoms with Crippen LogP contribution in [-0.4, -0.2) is 84.5 Å². The molecule has 0 spiro atoms. The molecular weight excluding hydrogens is 508 g/mol. The Hall–Kier alpha value is -1.33. The van der Waals surface area contributed by atoms with E-state index in [1.165, 1.54) is 0 Å². The molecule has 0 aliphatic rings. The first-order valence-corrected chi connectivity index (χ1v) is 9.63. The molecule has 17 heteroatoms. The highest BCUT2D eigenvalue weighted by atomic mass is 19.4. The molecule has 0 heterocycles. The van der Waals surface area contributed by atoms with Crippen molar-refractivity contribution in [1.82, 2.24) is 0 Å². The Kier molecular flexibility index (Phi) is 9.24. The van der Waals surface area contributed by atoms with Gasteiger partial charge in [0.15, 0.2) is 0 Å². The fraction of sp³-hybridized carbons (Fsp3) is 0.941. The Bertz CT molecular complexity index is 725. The lowest BCUT2D eigenvalue weighted by Gasteiger charge is -2.43. The third kappa shape index (κ3) is 5.73. The van der Waals surface area contributed by atoms with Gasteiger partial charge in [0, 0.05) is 12.8 Å². The highest BCUT2D eigenvalue weighted by molar-refractivity contribution is 5.69. The summed E-state index contributed by atoms with van der Waals surface area (Å²) in [7, 11) is 2.05. The fourth-order valence-electron chi connectivity index (χ4n) is 2.56. The standard InChI is InChI=1S/C17H24F12N2O3/c1-5-12(18,19)14(22,23)16(26,27)17(28,29)15(24,25)13(20,21)8-7-11(32)31(34,6-2)10-9-30(3,4)33/h5-10H2,1-4H3. The second-order valence-corrected chi connectivity index (χ2v) is 8.18. The van der Waals surface area contributed by atoms with Crippen LogP contribution in [0.3, 0.4) is 0 Å². The molecule has 0 fully saturated rings. The first kappa shape index (κ1) is 32.7. The van der Waals surface area contributed by atoms with E-state index in [0.717, 1.165) is 21.0 Å². The van der Waals surface area contributed by atoms with Crippen LogP contribution < -0.4 is 0 Å². The highest BCUT2D eigenvalue weighted by Crippen LogP contribution is 2.61. The Morgan fingerprint density at radius 2 is 1.06 bits per heavy atom. The van der Waals surface area contributed by atoms with Gasteiger partial charge in [0.1, 0.15) is 13.1 Å². The Morgan fingerprint density at radius 3 is 1.38 bits per heavy atom. The monoisotopic (exact) mass is 532 g/mol. The van der Waals surface area contributed by atoms with E-state index in [9.17, 15) is 67.9 Å². The molecule has 0 bridgehead atoms. The van der Waals surface area contributed by atoms with Crippen molar-refractivity contribution in [1.29, 1.82) is 0 Å². The van der Waals surface area contributed by atoms with Gasteiger partial charge in [-0.25, -0.2) is 4.79 Å². The van der Waals surface area contributed by atoms with Crippen molar-refractivity contribution in [2.24, 2.45) is 0 Å². The van der Waals surface area contributed by atoms with Crippen LogP contribution >= 0.6 is 0 Å². The number of carbonyl (C=O) groups is 1. The maximum absolute atomic E-state index is 13.9. The predicted molar refractivity (Wildman–Crippen MR) is 93.6 cm³/mol.